The summed E-state index contributed by atoms with van der Waals surface area (Å²) in [7, 11) is 0. The second-order valence-corrected chi connectivity index (χ2v) is 8.97. The van der Waals surface area contributed by atoms with Crippen LogP contribution in [0.1, 0.15) is 15.9 Å². The van der Waals surface area contributed by atoms with Crippen molar-refractivity contribution in [3.05, 3.63) is 77.3 Å². The van der Waals surface area contributed by atoms with E-state index in [4.69, 9.17) is 10.8 Å². The Morgan fingerprint density at radius 2 is 1.83 bits per heavy atom. The van der Waals surface area contributed by atoms with Crippen LogP contribution in [0.4, 0.5) is 13.2 Å². The summed E-state index contributed by atoms with van der Waals surface area (Å²) in [5.74, 6) is -2.91. The monoisotopic (exact) mass is 506 g/mol. The number of fused-ring (bicyclic) bond motifs is 1. The number of pyridine rings is 1. The SMILES string of the molecule is NC1C(=O)N2C(C(=O)O)=C(/C=C/C[n+]3ccc(-c4ccc(C(=O)O)c(C(F)(F)F)c4)cc3)CSC12. The van der Waals surface area contributed by atoms with Crippen LogP contribution in [0, 0.1) is 0 Å². The van der Waals surface area contributed by atoms with Crippen LogP contribution in [-0.4, -0.2) is 50.1 Å². The van der Waals surface area contributed by atoms with Gasteiger partial charge in [-0.15, -0.1) is 11.8 Å². The van der Waals surface area contributed by atoms with Gasteiger partial charge in [0.05, 0.1) is 11.1 Å². The highest BCUT2D eigenvalue weighted by Crippen LogP contribution is 2.39. The molecule has 2 unspecified atom stereocenters. The maximum atomic E-state index is 13.3. The Bertz CT molecular complexity index is 1270. The van der Waals surface area contributed by atoms with Gasteiger partial charge in [0.1, 0.15) is 17.1 Å². The molecule has 1 saturated heterocycles. The number of rotatable bonds is 6. The van der Waals surface area contributed by atoms with Crippen molar-refractivity contribution in [2.24, 2.45) is 5.73 Å². The summed E-state index contributed by atoms with van der Waals surface area (Å²) in [6.07, 6.45) is 1.80. The minimum Gasteiger partial charge on any atom is -0.478 e. The lowest BCUT2D eigenvalue weighted by Gasteiger charge is -2.47. The van der Waals surface area contributed by atoms with Crippen LogP contribution in [-0.2, 0) is 22.3 Å². The number of aromatic nitrogens is 1. The Hall–Kier alpha value is -3.64. The molecule has 0 aliphatic carbocycles. The number of hydrogen-bond acceptors (Lipinski definition) is 5. The van der Waals surface area contributed by atoms with E-state index in [0.29, 0.717) is 23.4 Å². The summed E-state index contributed by atoms with van der Waals surface area (Å²) in [5, 5.41) is 18.2. The average molecular weight is 506 g/mol. The maximum Gasteiger partial charge on any atom is 0.417 e. The van der Waals surface area contributed by atoms with E-state index in [0.717, 1.165) is 12.1 Å². The van der Waals surface area contributed by atoms with Gasteiger partial charge in [-0.25, -0.2) is 14.2 Å². The van der Waals surface area contributed by atoms with Gasteiger partial charge in [-0.2, -0.15) is 13.2 Å². The lowest BCUT2D eigenvalue weighted by Crippen LogP contribution is -2.68. The number of carboxylic acids is 2. The van der Waals surface area contributed by atoms with E-state index >= 15 is 0 Å². The first-order chi connectivity index (χ1) is 16.5. The average Bonchev–Trinajstić information content (AvgIpc) is 2.82. The Morgan fingerprint density at radius 1 is 1.14 bits per heavy atom. The number of hydrogen-bond donors (Lipinski definition) is 3. The zero-order valence-corrected chi connectivity index (χ0v) is 18.7. The molecule has 0 bridgehead atoms. The van der Waals surface area contributed by atoms with Gasteiger partial charge in [-0.3, -0.25) is 9.69 Å². The lowest BCUT2D eigenvalue weighted by molar-refractivity contribution is -0.686. The second-order valence-electron chi connectivity index (χ2n) is 7.86. The zero-order valence-electron chi connectivity index (χ0n) is 17.9. The molecule has 1 aromatic carbocycles. The number of alkyl halides is 3. The van der Waals surface area contributed by atoms with Crippen LogP contribution in [0.3, 0.4) is 0 Å². The molecule has 1 fully saturated rings. The maximum absolute atomic E-state index is 13.3. The summed E-state index contributed by atoms with van der Waals surface area (Å²) < 4.78 is 41.6. The van der Waals surface area contributed by atoms with Crippen LogP contribution in [0.25, 0.3) is 11.1 Å². The van der Waals surface area contributed by atoms with Crippen molar-refractivity contribution in [1.29, 1.82) is 0 Å². The van der Waals surface area contributed by atoms with Gasteiger partial charge in [0.2, 0.25) is 5.91 Å². The summed E-state index contributed by atoms with van der Waals surface area (Å²) >= 11 is 1.39. The van der Waals surface area contributed by atoms with Crippen LogP contribution < -0.4 is 10.3 Å². The topological polar surface area (TPSA) is 125 Å². The molecule has 2 aromatic rings. The molecule has 12 heteroatoms. The van der Waals surface area contributed by atoms with Crippen molar-refractivity contribution in [2.75, 3.05) is 5.75 Å². The fraction of sp³-hybridized carbons (Fsp3) is 0.217. The number of thioether (sulfide) groups is 1. The Balaban J connectivity index is 1.51. The summed E-state index contributed by atoms with van der Waals surface area (Å²) in [6, 6.07) is 5.52. The van der Waals surface area contributed by atoms with E-state index in [9.17, 15) is 32.7 Å². The molecule has 2 aliphatic rings. The molecule has 0 radical (unpaired) electrons. The van der Waals surface area contributed by atoms with Crippen LogP contribution in [0.2, 0.25) is 0 Å². The quantitative estimate of drug-likeness (QED) is 0.406. The van der Waals surface area contributed by atoms with Crippen molar-refractivity contribution in [3.8, 4) is 11.1 Å². The number of carbonyl (C=O) groups excluding carboxylic acids is 1. The highest BCUT2D eigenvalue weighted by atomic mass is 32.2. The third-order valence-electron chi connectivity index (χ3n) is 5.66. The highest BCUT2D eigenvalue weighted by Gasteiger charge is 2.51. The summed E-state index contributed by atoms with van der Waals surface area (Å²) in [5.41, 5.74) is 4.77. The number of aromatic carboxylic acids is 1. The molecular formula is C23H19F3N3O5S+. The van der Waals surface area contributed by atoms with Crippen molar-refractivity contribution >= 4 is 29.6 Å². The molecule has 182 valence electrons. The molecule has 4 N–H and O–H groups in total. The van der Waals surface area contributed by atoms with Crippen LogP contribution in [0.5, 0.6) is 0 Å². The molecule has 2 aliphatic heterocycles. The number of aliphatic carboxylic acids is 1. The number of carboxylic acid groups (broad SMARTS) is 2. The van der Waals surface area contributed by atoms with Gasteiger partial charge in [-0.1, -0.05) is 12.1 Å². The van der Waals surface area contributed by atoms with Gasteiger partial charge >= 0.3 is 18.1 Å². The predicted octanol–water partition coefficient (Wildman–Crippen LogP) is 2.50. The first-order valence-corrected chi connectivity index (χ1v) is 11.3. The fourth-order valence-electron chi connectivity index (χ4n) is 3.90. The number of carbonyl (C=O) groups is 3. The minimum atomic E-state index is -4.81. The standard InChI is InChI=1S/C23H18F3N3O5S/c24-23(25,26)16-10-13(3-4-15(16)21(31)32)12-5-8-28(9-6-12)7-1-2-14-11-35-20-17(27)19(30)29(20)18(14)22(33)34/h1-6,8-10,17,20H,7,11,27H2,(H-,31,32,33,34)/p+1/b2-1+. The number of halogens is 3. The van der Waals surface area contributed by atoms with Crippen molar-refractivity contribution in [1.82, 2.24) is 4.90 Å². The molecule has 1 amide bonds. The smallest absolute Gasteiger partial charge is 0.417 e. The molecule has 8 nitrogen and oxygen atoms in total. The third kappa shape index (κ3) is 4.66. The van der Waals surface area contributed by atoms with Gasteiger partial charge in [0, 0.05) is 17.9 Å². The van der Waals surface area contributed by atoms with E-state index in [-0.39, 0.29) is 16.6 Å². The fourth-order valence-corrected chi connectivity index (χ4v) is 5.17. The first kappa shape index (κ1) is 24.5. The van der Waals surface area contributed by atoms with Gasteiger partial charge in [0.15, 0.2) is 18.9 Å². The summed E-state index contributed by atoms with van der Waals surface area (Å²) in [6.45, 7) is 0.337. The van der Waals surface area contributed by atoms with E-state index in [2.05, 4.69) is 0 Å². The van der Waals surface area contributed by atoms with Crippen molar-refractivity contribution in [3.63, 3.8) is 0 Å². The van der Waals surface area contributed by atoms with Gasteiger partial charge in [0.25, 0.3) is 0 Å². The minimum absolute atomic E-state index is 0.0812. The predicted molar refractivity (Wildman–Crippen MR) is 119 cm³/mol. The molecule has 0 saturated carbocycles. The van der Waals surface area contributed by atoms with E-state index in [1.54, 1.807) is 41.2 Å². The molecule has 2 atom stereocenters. The zero-order chi connectivity index (χ0) is 25.5. The molecular weight excluding hydrogens is 487 g/mol. The molecule has 0 spiro atoms. The van der Waals surface area contributed by atoms with Crippen LogP contribution in [0.15, 0.2) is 66.1 Å². The second kappa shape index (κ2) is 9.19. The van der Waals surface area contributed by atoms with E-state index in [1.807, 2.05) is 0 Å². The largest absolute Gasteiger partial charge is 0.478 e. The van der Waals surface area contributed by atoms with Crippen molar-refractivity contribution < 1.29 is 42.3 Å². The Kier molecular flexibility index (Phi) is 6.43. The summed E-state index contributed by atoms with van der Waals surface area (Å²) in [4.78, 5) is 36.0. The lowest BCUT2D eigenvalue weighted by atomic mass is 9.99. The number of amides is 1. The Labute approximate surface area is 201 Å². The highest BCUT2D eigenvalue weighted by molar-refractivity contribution is 8.00. The van der Waals surface area contributed by atoms with E-state index < -0.39 is 41.2 Å². The van der Waals surface area contributed by atoms with E-state index in [1.165, 1.54) is 22.7 Å². The van der Waals surface area contributed by atoms with Crippen LogP contribution >= 0.6 is 11.8 Å². The number of nitrogens with zero attached hydrogens (tertiary/aromatic N) is 2. The third-order valence-corrected chi connectivity index (χ3v) is 6.98. The molecule has 35 heavy (non-hydrogen) atoms. The normalized spacial score (nSPS) is 20.1. The molecule has 4 rings (SSSR count). The first-order valence-electron chi connectivity index (χ1n) is 10.3. The number of benzene rings is 1. The Morgan fingerprint density at radius 3 is 2.43 bits per heavy atom. The number of nitrogens with two attached hydrogens (primary N) is 1. The number of β-lactam (4-membered cyclic amide) rings is 1. The molecule has 1 aromatic heterocycles. The molecule has 3 heterocycles. The number of allylic oxidation sites excluding steroid dienone is 2. The van der Waals surface area contributed by atoms with Gasteiger partial charge in [-0.05, 0) is 34.9 Å². The van der Waals surface area contributed by atoms with Gasteiger partial charge < -0.3 is 15.9 Å². The van der Waals surface area contributed by atoms with Crippen molar-refractivity contribution in [2.45, 2.75) is 24.1 Å².